The molecule has 5 heteroatoms. The molecule has 86 valence electrons. The summed E-state index contributed by atoms with van der Waals surface area (Å²) >= 11 is 6.07. The van der Waals surface area contributed by atoms with E-state index in [0.29, 0.717) is 18.3 Å². The van der Waals surface area contributed by atoms with Gasteiger partial charge in [0.05, 0.1) is 5.38 Å². The van der Waals surface area contributed by atoms with Crippen molar-refractivity contribution in [3.63, 3.8) is 0 Å². The van der Waals surface area contributed by atoms with Gasteiger partial charge < -0.3 is 9.26 Å². The first kappa shape index (κ1) is 12.5. The van der Waals surface area contributed by atoms with Crippen molar-refractivity contribution >= 4 is 11.6 Å². The highest BCUT2D eigenvalue weighted by Gasteiger charge is 2.14. The average molecular weight is 233 g/mol. The number of hydrogen-bond acceptors (Lipinski definition) is 4. The molecule has 4 nitrogen and oxygen atoms in total. The summed E-state index contributed by atoms with van der Waals surface area (Å²) in [5.41, 5.74) is 0. The Kier molecular flexibility index (Phi) is 5.65. The zero-order valence-electron chi connectivity index (χ0n) is 9.20. The molecule has 0 spiro atoms. The van der Waals surface area contributed by atoms with Gasteiger partial charge in [-0.1, -0.05) is 18.5 Å². The molecule has 15 heavy (non-hydrogen) atoms. The van der Waals surface area contributed by atoms with Gasteiger partial charge >= 0.3 is 0 Å². The Morgan fingerprint density at radius 3 is 3.00 bits per heavy atom. The molecule has 0 aromatic carbocycles. The van der Waals surface area contributed by atoms with Crippen LogP contribution in [0, 0.1) is 0 Å². The molecule has 1 aromatic rings. The van der Waals surface area contributed by atoms with E-state index in [0.717, 1.165) is 25.7 Å². The number of hydrogen-bond donors (Lipinski definition) is 0. The standard InChI is InChI=1S/C10H17ClN2O2/c1-3-5-8(11)10-12-9(15-13-10)6-4-7-14-2/h8H,3-7H2,1-2H3. The number of aromatic nitrogens is 2. The summed E-state index contributed by atoms with van der Waals surface area (Å²) in [6.07, 6.45) is 3.52. The molecule has 0 bridgehead atoms. The third-order valence-electron chi connectivity index (χ3n) is 2.05. The van der Waals surface area contributed by atoms with Crippen molar-refractivity contribution in [1.82, 2.24) is 10.1 Å². The number of aryl methyl sites for hydroxylation is 1. The minimum absolute atomic E-state index is 0.130. The van der Waals surface area contributed by atoms with Crippen molar-refractivity contribution in [3.8, 4) is 0 Å². The molecule has 1 atom stereocenters. The summed E-state index contributed by atoms with van der Waals surface area (Å²) in [6, 6.07) is 0. The maximum Gasteiger partial charge on any atom is 0.226 e. The van der Waals surface area contributed by atoms with Crippen LogP contribution in [0.5, 0.6) is 0 Å². The first-order valence-corrected chi connectivity index (χ1v) is 5.67. The SMILES string of the molecule is CCCC(Cl)c1noc(CCCOC)n1. The van der Waals surface area contributed by atoms with Crippen molar-refractivity contribution in [3.05, 3.63) is 11.7 Å². The number of alkyl halides is 1. The summed E-state index contributed by atoms with van der Waals surface area (Å²) in [4.78, 5) is 4.24. The quantitative estimate of drug-likeness (QED) is 0.536. The zero-order chi connectivity index (χ0) is 11.1. The molecule has 0 aliphatic carbocycles. The first-order chi connectivity index (χ1) is 7.27. The van der Waals surface area contributed by atoms with E-state index in [9.17, 15) is 0 Å². The van der Waals surface area contributed by atoms with Crippen LogP contribution in [0.1, 0.15) is 43.3 Å². The summed E-state index contributed by atoms with van der Waals surface area (Å²) in [6.45, 7) is 2.78. The second-order valence-electron chi connectivity index (χ2n) is 3.40. The second kappa shape index (κ2) is 6.80. The van der Waals surface area contributed by atoms with Crippen LogP contribution in [-0.4, -0.2) is 23.9 Å². The summed E-state index contributed by atoms with van der Waals surface area (Å²) in [5.74, 6) is 1.25. The molecule has 0 aliphatic rings. The molecular weight excluding hydrogens is 216 g/mol. The lowest BCUT2D eigenvalue weighted by Crippen LogP contribution is -1.95. The van der Waals surface area contributed by atoms with E-state index >= 15 is 0 Å². The first-order valence-electron chi connectivity index (χ1n) is 5.23. The van der Waals surface area contributed by atoms with Gasteiger partial charge in [0, 0.05) is 20.1 Å². The molecule has 1 aromatic heterocycles. The third kappa shape index (κ3) is 4.18. The van der Waals surface area contributed by atoms with Gasteiger partial charge in [0.1, 0.15) is 0 Å². The van der Waals surface area contributed by atoms with E-state index in [-0.39, 0.29) is 5.38 Å². The molecule has 0 fully saturated rings. The van der Waals surface area contributed by atoms with Gasteiger partial charge in [0.15, 0.2) is 5.82 Å². The molecule has 0 radical (unpaired) electrons. The molecule has 0 saturated heterocycles. The van der Waals surface area contributed by atoms with E-state index in [1.54, 1.807) is 7.11 Å². The molecule has 1 heterocycles. The van der Waals surface area contributed by atoms with Gasteiger partial charge in [0.2, 0.25) is 5.89 Å². The Bertz CT molecular complexity index is 278. The van der Waals surface area contributed by atoms with Gasteiger partial charge in [-0.25, -0.2) is 0 Å². The Balaban J connectivity index is 2.41. The van der Waals surface area contributed by atoms with Gasteiger partial charge in [-0.3, -0.25) is 0 Å². The van der Waals surface area contributed by atoms with Crippen LogP contribution < -0.4 is 0 Å². The van der Waals surface area contributed by atoms with Crippen LogP contribution in [-0.2, 0) is 11.2 Å². The van der Waals surface area contributed by atoms with Crippen LogP contribution in [0.25, 0.3) is 0 Å². The Morgan fingerprint density at radius 1 is 1.53 bits per heavy atom. The van der Waals surface area contributed by atoms with Gasteiger partial charge in [-0.05, 0) is 12.8 Å². The maximum absolute atomic E-state index is 6.07. The predicted octanol–water partition coefficient (Wildman–Crippen LogP) is 2.73. The van der Waals surface area contributed by atoms with E-state index in [4.69, 9.17) is 20.9 Å². The Hall–Kier alpha value is -0.610. The van der Waals surface area contributed by atoms with Crippen molar-refractivity contribution in [2.24, 2.45) is 0 Å². The molecular formula is C10H17ClN2O2. The van der Waals surface area contributed by atoms with Crippen molar-refractivity contribution in [2.75, 3.05) is 13.7 Å². The highest BCUT2D eigenvalue weighted by molar-refractivity contribution is 6.20. The number of halogens is 1. The number of nitrogens with zero attached hydrogens (tertiary/aromatic N) is 2. The number of rotatable bonds is 7. The lowest BCUT2D eigenvalue weighted by Gasteiger charge is -1.99. The fraction of sp³-hybridized carbons (Fsp3) is 0.800. The largest absolute Gasteiger partial charge is 0.385 e. The highest BCUT2D eigenvalue weighted by atomic mass is 35.5. The van der Waals surface area contributed by atoms with Crippen LogP contribution in [0.2, 0.25) is 0 Å². The molecule has 1 rings (SSSR count). The molecule has 1 unspecified atom stereocenters. The fourth-order valence-electron chi connectivity index (χ4n) is 1.25. The smallest absolute Gasteiger partial charge is 0.226 e. The second-order valence-corrected chi connectivity index (χ2v) is 3.93. The summed E-state index contributed by atoms with van der Waals surface area (Å²) in [5, 5.41) is 3.72. The highest BCUT2D eigenvalue weighted by Crippen LogP contribution is 2.22. The number of methoxy groups -OCH3 is 1. The molecule has 0 aliphatic heterocycles. The normalized spacial score (nSPS) is 13.0. The lowest BCUT2D eigenvalue weighted by molar-refractivity contribution is 0.192. The predicted molar refractivity (Wildman–Crippen MR) is 58.0 cm³/mol. The van der Waals surface area contributed by atoms with Crippen molar-refractivity contribution in [1.29, 1.82) is 0 Å². The minimum Gasteiger partial charge on any atom is -0.385 e. The van der Waals surface area contributed by atoms with Crippen LogP contribution >= 0.6 is 11.6 Å². The topological polar surface area (TPSA) is 48.2 Å². The number of ether oxygens (including phenoxy) is 1. The van der Waals surface area contributed by atoms with Crippen LogP contribution in [0.3, 0.4) is 0 Å². The molecule has 0 saturated carbocycles. The van der Waals surface area contributed by atoms with Crippen LogP contribution in [0.4, 0.5) is 0 Å². The van der Waals surface area contributed by atoms with Crippen LogP contribution in [0.15, 0.2) is 4.52 Å². The minimum atomic E-state index is -0.130. The van der Waals surface area contributed by atoms with Gasteiger partial charge in [-0.15, -0.1) is 11.6 Å². The summed E-state index contributed by atoms with van der Waals surface area (Å²) in [7, 11) is 1.68. The Morgan fingerprint density at radius 2 is 2.33 bits per heavy atom. The lowest BCUT2D eigenvalue weighted by atomic mass is 10.2. The van der Waals surface area contributed by atoms with Gasteiger partial charge in [0.25, 0.3) is 0 Å². The van der Waals surface area contributed by atoms with E-state index in [2.05, 4.69) is 17.1 Å². The van der Waals surface area contributed by atoms with E-state index in [1.165, 1.54) is 0 Å². The Labute approximate surface area is 95.0 Å². The zero-order valence-corrected chi connectivity index (χ0v) is 9.96. The van der Waals surface area contributed by atoms with Crippen molar-refractivity contribution in [2.45, 2.75) is 38.0 Å². The fourth-order valence-corrected chi connectivity index (χ4v) is 1.55. The van der Waals surface area contributed by atoms with E-state index in [1.807, 2.05) is 0 Å². The average Bonchev–Trinajstić information content (AvgIpc) is 2.67. The monoisotopic (exact) mass is 232 g/mol. The molecule has 0 amide bonds. The molecule has 0 N–H and O–H groups in total. The van der Waals surface area contributed by atoms with Crippen molar-refractivity contribution < 1.29 is 9.26 Å². The maximum atomic E-state index is 6.07. The third-order valence-corrected chi connectivity index (χ3v) is 2.46. The van der Waals surface area contributed by atoms with Gasteiger partial charge in [-0.2, -0.15) is 4.98 Å². The van der Waals surface area contributed by atoms with E-state index < -0.39 is 0 Å². The summed E-state index contributed by atoms with van der Waals surface area (Å²) < 4.78 is 10.0.